The maximum atomic E-state index is 14.8. The van der Waals surface area contributed by atoms with Gasteiger partial charge in [0.2, 0.25) is 11.6 Å². The molecule has 0 bridgehead atoms. The third-order valence-corrected chi connectivity index (χ3v) is 11.0. The second-order valence-corrected chi connectivity index (χ2v) is 13.5. The summed E-state index contributed by atoms with van der Waals surface area (Å²) in [7, 11) is 0. The van der Waals surface area contributed by atoms with Crippen LogP contribution in [-0.2, 0) is 0 Å². The highest BCUT2D eigenvalue weighted by atomic mass is 19.2. The molecule has 0 N–H and O–H groups in total. The molecule has 3 aliphatic carbocycles. The van der Waals surface area contributed by atoms with Crippen molar-refractivity contribution >= 4 is 0 Å². The molecule has 3 saturated carbocycles. The largest absolute Gasteiger partial charge is 0.491 e. The van der Waals surface area contributed by atoms with Gasteiger partial charge in [0.05, 0.1) is 13.2 Å². The molecule has 2 aromatic rings. The first-order valence-corrected chi connectivity index (χ1v) is 17.1. The second kappa shape index (κ2) is 15.2. The van der Waals surface area contributed by atoms with Crippen molar-refractivity contribution in [3.05, 3.63) is 58.7 Å². The van der Waals surface area contributed by atoms with Crippen molar-refractivity contribution in [2.75, 3.05) is 13.2 Å². The molecule has 0 spiro atoms. The van der Waals surface area contributed by atoms with Gasteiger partial charge in [-0.15, -0.1) is 0 Å². The summed E-state index contributed by atoms with van der Waals surface area (Å²) in [5, 5.41) is 0. The first kappa shape index (κ1) is 32.2. The highest BCUT2D eigenvalue weighted by Crippen LogP contribution is 2.46. The summed E-state index contributed by atoms with van der Waals surface area (Å²) in [5.74, 6) is 0.0616. The van der Waals surface area contributed by atoms with E-state index in [2.05, 4.69) is 0 Å². The molecule has 238 valence electrons. The van der Waals surface area contributed by atoms with Crippen molar-refractivity contribution in [3.63, 3.8) is 0 Å². The zero-order valence-electron chi connectivity index (χ0n) is 26.1. The van der Waals surface area contributed by atoms with Crippen molar-refractivity contribution in [1.29, 1.82) is 0 Å². The van der Waals surface area contributed by atoms with Crippen LogP contribution >= 0.6 is 0 Å². The predicted molar refractivity (Wildman–Crippen MR) is 164 cm³/mol. The number of ether oxygens (including phenoxy) is 2. The molecule has 2 nitrogen and oxygen atoms in total. The van der Waals surface area contributed by atoms with Crippen molar-refractivity contribution in [1.82, 2.24) is 0 Å². The summed E-state index contributed by atoms with van der Waals surface area (Å²) in [4.78, 5) is 0. The summed E-state index contributed by atoms with van der Waals surface area (Å²) >= 11 is 0. The quantitative estimate of drug-likeness (QED) is 0.238. The van der Waals surface area contributed by atoms with Gasteiger partial charge in [-0.25, -0.2) is 8.78 Å². The summed E-state index contributed by atoms with van der Waals surface area (Å²) in [5.41, 5.74) is 1.04. The van der Waals surface area contributed by atoms with Gasteiger partial charge in [0.15, 0.2) is 23.1 Å². The average molecular weight is 603 g/mol. The van der Waals surface area contributed by atoms with Crippen LogP contribution in [0.15, 0.2) is 24.3 Å². The smallest absolute Gasteiger partial charge is 0.200 e. The second-order valence-electron chi connectivity index (χ2n) is 13.5. The fourth-order valence-corrected chi connectivity index (χ4v) is 8.40. The topological polar surface area (TPSA) is 18.5 Å². The number of rotatable bonds is 11. The molecule has 3 fully saturated rings. The molecule has 5 rings (SSSR count). The molecule has 6 heteroatoms. The van der Waals surface area contributed by atoms with E-state index in [1.807, 2.05) is 6.92 Å². The van der Waals surface area contributed by atoms with E-state index in [0.717, 1.165) is 69.6 Å². The Balaban J connectivity index is 1.01. The Morgan fingerprint density at radius 3 is 1.42 bits per heavy atom. The van der Waals surface area contributed by atoms with Gasteiger partial charge in [-0.3, -0.25) is 0 Å². The van der Waals surface area contributed by atoms with Crippen LogP contribution in [0.2, 0.25) is 0 Å². The van der Waals surface area contributed by atoms with Crippen LogP contribution in [0.25, 0.3) is 0 Å². The van der Waals surface area contributed by atoms with E-state index in [9.17, 15) is 17.6 Å². The molecular weight excluding hydrogens is 552 g/mol. The molecule has 0 unspecified atom stereocenters. The van der Waals surface area contributed by atoms with Gasteiger partial charge in [-0.1, -0.05) is 44.7 Å². The van der Waals surface area contributed by atoms with E-state index >= 15 is 0 Å². The van der Waals surface area contributed by atoms with E-state index in [-0.39, 0.29) is 23.3 Å². The first-order chi connectivity index (χ1) is 20.9. The van der Waals surface area contributed by atoms with E-state index in [1.54, 1.807) is 31.2 Å². The minimum Gasteiger partial charge on any atom is -0.491 e. The van der Waals surface area contributed by atoms with Crippen molar-refractivity contribution in [2.45, 2.75) is 122 Å². The van der Waals surface area contributed by atoms with E-state index in [0.29, 0.717) is 36.2 Å². The Hall–Kier alpha value is -2.24. The summed E-state index contributed by atoms with van der Waals surface area (Å²) in [6, 6.07) is 6.64. The average Bonchev–Trinajstić information content (AvgIpc) is 3.04. The Morgan fingerprint density at radius 1 is 0.535 bits per heavy atom. The summed E-state index contributed by atoms with van der Waals surface area (Å²) in [6.07, 6.45) is 16.6. The molecule has 0 saturated heterocycles. The third-order valence-electron chi connectivity index (χ3n) is 11.0. The summed E-state index contributed by atoms with van der Waals surface area (Å²) in [6.45, 7) is 4.42. The number of hydrogen-bond acceptors (Lipinski definition) is 2. The molecule has 43 heavy (non-hydrogen) atoms. The Bertz CT molecular complexity index is 1180. The highest BCUT2D eigenvalue weighted by Gasteiger charge is 2.33. The molecule has 0 radical (unpaired) electrons. The number of benzene rings is 2. The van der Waals surface area contributed by atoms with Gasteiger partial charge in [0.25, 0.3) is 0 Å². The van der Waals surface area contributed by atoms with Crippen molar-refractivity contribution < 1.29 is 27.0 Å². The lowest BCUT2D eigenvalue weighted by Gasteiger charge is -2.38. The SMILES string of the molecule is CCCOc1ccc(C2CCC(CCC3CCC(C4CCC(c5ccc(OCC)c(F)c5F)CC4)CC3)CC2)c(F)c1F. The van der Waals surface area contributed by atoms with E-state index in [4.69, 9.17) is 9.47 Å². The Labute approximate surface area is 255 Å². The van der Waals surface area contributed by atoms with Crippen LogP contribution in [0.1, 0.15) is 133 Å². The van der Waals surface area contributed by atoms with Crippen molar-refractivity contribution in [3.8, 4) is 11.5 Å². The molecule has 0 aromatic heterocycles. The molecule has 0 atom stereocenters. The molecule has 0 heterocycles. The van der Waals surface area contributed by atoms with Crippen LogP contribution in [0.3, 0.4) is 0 Å². The van der Waals surface area contributed by atoms with Crippen LogP contribution in [0.5, 0.6) is 11.5 Å². The maximum absolute atomic E-state index is 14.8. The van der Waals surface area contributed by atoms with Crippen LogP contribution in [0.4, 0.5) is 17.6 Å². The minimum atomic E-state index is -0.847. The Kier molecular flexibility index (Phi) is 11.3. The number of hydrogen-bond donors (Lipinski definition) is 0. The molecule has 0 aliphatic heterocycles. The van der Waals surface area contributed by atoms with E-state index in [1.165, 1.54) is 38.5 Å². The lowest BCUT2D eigenvalue weighted by atomic mass is 9.67. The van der Waals surface area contributed by atoms with Gasteiger partial charge in [0.1, 0.15) is 0 Å². The zero-order valence-corrected chi connectivity index (χ0v) is 26.1. The van der Waals surface area contributed by atoms with Gasteiger partial charge < -0.3 is 9.47 Å². The van der Waals surface area contributed by atoms with Crippen LogP contribution < -0.4 is 9.47 Å². The third kappa shape index (κ3) is 7.71. The lowest BCUT2D eigenvalue weighted by Crippen LogP contribution is -2.26. The van der Waals surface area contributed by atoms with Gasteiger partial charge in [0, 0.05) is 0 Å². The fourth-order valence-electron chi connectivity index (χ4n) is 8.40. The number of halogens is 4. The zero-order chi connectivity index (χ0) is 30.3. The molecule has 0 amide bonds. The fraction of sp³-hybridized carbons (Fsp3) is 0.676. The molecule has 2 aromatic carbocycles. The van der Waals surface area contributed by atoms with Gasteiger partial charge in [-0.05, 0) is 136 Å². The normalized spacial score (nSPS) is 28.0. The minimum absolute atomic E-state index is 0.00760. The highest BCUT2D eigenvalue weighted by molar-refractivity contribution is 5.34. The lowest BCUT2D eigenvalue weighted by molar-refractivity contribution is 0.150. The molecular formula is C37H50F4O2. The summed E-state index contributed by atoms with van der Waals surface area (Å²) < 4.78 is 69.1. The standard InChI is InChI=1S/C37H50F4O2/c1-3-23-43-33-22-20-30(35(39)37(33)41)28-13-9-25(10-14-28)6-5-24-7-11-26(12-8-24)27-15-17-29(18-16-27)31-19-21-32(42-4-2)36(40)34(31)38/h19-22,24-29H,3-18,23H2,1-2H3. The van der Waals surface area contributed by atoms with Gasteiger partial charge in [-0.2, -0.15) is 8.78 Å². The first-order valence-electron chi connectivity index (χ1n) is 17.1. The maximum Gasteiger partial charge on any atom is 0.200 e. The van der Waals surface area contributed by atoms with Crippen LogP contribution in [-0.4, -0.2) is 13.2 Å². The predicted octanol–water partition coefficient (Wildman–Crippen LogP) is 11.3. The van der Waals surface area contributed by atoms with E-state index < -0.39 is 23.3 Å². The Morgan fingerprint density at radius 2 is 0.953 bits per heavy atom. The van der Waals surface area contributed by atoms with Gasteiger partial charge >= 0.3 is 0 Å². The van der Waals surface area contributed by atoms with Crippen molar-refractivity contribution in [2.24, 2.45) is 23.7 Å². The molecule has 3 aliphatic rings. The van der Waals surface area contributed by atoms with Crippen LogP contribution in [0, 0.1) is 46.9 Å². The monoisotopic (exact) mass is 602 g/mol.